The maximum absolute atomic E-state index is 5.81. The van der Waals surface area contributed by atoms with Crippen molar-refractivity contribution in [2.24, 2.45) is 0 Å². The number of anilines is 1. The van der Waals surface area contributed by atoms with E-state index in [9.17, 15) is 0 Å². The highest BCUT2D eigenvalue weighted by Crippen LogP contribution is 2.38. The van der Waals surface area contributed by atoms with Crippen LogP contribution in [0.2, 0.25) is 0 Å². The molecule has 0 amide bonds. The van der Waals surface area contributed by atoms with Crippen LogP contribution in [0, 0.1) is 0 Å². The third-order valence-electron chi connectivity index (χ3n) is 3.20. The largest absolute Gasteiger partial charge is 0.496 e. The van der Waals surface area contributed by atoms with Crippen LogP contribution in [0.3, 0.4) is 0 Å². The van der Waals surface area contributed by atoms with Gasteiger partial charge in [0, 0.05) is 28.7 Å². The molecule has 0 saturated heterocycles. The molecule has 1 aliphatic heterocycles. The van der Waals surface area contributed by atoms with Gasteiger partial charge in [0.25, 0.3) is 0 Å². The zero-order valence-corrected chi connectivity index (χ0v) is 13.9. The highest BCUT2D eigenvalue weighted by molar-refractivity contribution is 9.11. The molecule has 0 fully saturated rings. The molecule has 0 aliphatic carbocycles. The molecule has 0 spiro atoms. The van der Waals surface area contributed by atoms with Crippen LogP contribution in [0.5, 0.6) is 5.75 Å². The van der Waals surface area contributed by atoms with E-state index < -0.39 is 0 Å². The molecule has 2 aromatic rings. The van der Waals surface area contributed by atoms with E-state index >= 15 is 0 Å². The summed E-state index contributed by atoms with van der Waals surface area (Å²) in [7, 11) is 1.64. The maximum Gasteiger partial charge on any atom is 0.220 e. The van der Waals surface area contributed by atoms with Gasteiger partial charge in [-0.3, -0.25) is 0 Å². The van der Waals surface area contributed by atoms with E-state index in [-0.39, 0.29) is 5.95 Å². The Kier molecular flexibility index (Phi) is 3.66. The van der Waals surface area contributed by atoms with Gasteiger partial charge < -0.3 is 15.8 Å². The second-order valence-electron chi connectivity index (χ2n) is 4.43. The summed E-state index contributed by atoms with van der Waals surface area (Å²) < 4.78 is 7.16. The van der Waals surface area contributed by atoms with Gasteiger partial charge in [-0.15, -0.1) is 0 Å². The number of hydrogen-bond acceptors (Lipinski definition) is 5. The quantitative estimate of drug-likeness (QED) is 0.812. The lowest BCUT2D eigenvalue weighted by molar-refractivity contribution is 0.412. The number of nitrogens with two attached hydrogens (primary N) is 1. The summed E-state index contributed by atoms with van der Waals surface area (Å²) in [5, 5.41) is 3.27. The minimum atomic E-state index is 0.288. The van der Waals surface area contributed by atoms with Crippen molar-refractivity contribution in [3.05, 3.63) is 32.3 Å². The smallest absolute Gasteiger partial charge is 0.220 e. The first-order valence-corrected chi connectivity index (χ1v) is 7.58. The van der Waals surface area contributed by atoms with Gasteiger partial charge >= 0.3 is 0 Å². The highest BCUT2D eigenvalue weighted by Gasteiger charge is 2.21. The third kappa shape index (κ3) is 2.30. The second-order valence-corrected chi connectivity index (χ2v) is 6.13. The summed E-state index contributed by atoms with van der Waals surface area (Å²) in [4.78, 5) is 8.68. The molecule has 20 heavy (non-hydrogen) atoms. The lowest BCUT2D eigenvalue weighted by Gasteiger charge is -2.12. The summed E-state index contributed by atoms with van der Waals surface area (Å²) in [5.41, 5.74) is 9.65. The molecule has 0 bridgehead atoms. The Labute approximate surface area is 133 Å². The molecule has 1 aromatic heterocycles. The summed E-state index contributed by atoms with van der Waals surface area (Å²) >= 11 is 7.04. The van der Waals surface area contributed by atoms with Gasteiger partial charge in [0.2, 0.25) is 5.95 Å². The first-order valence-electron chi connectivity index (χ1n) is 5.99. The SMILES string of the molecule is COc1cc(-c2nc(N)nc3c2CNC3)c(Br)cc1Br. The van der Waals surface area contributed by atoms with E-state index in [4.69, 9.17) is 10.5 Å². The van der Waals surface area contributed by atoms with Crippen LogP contribution in [0.25, 0.3) is 11.3 Å². The standard InChI is InChI=1S/C13H12Br2N4O/c1-20-11-2-6(8(14)3-9(11)15)12-7-4-17-5-10(7)18-13(16)19-12/h2-3,17H,4-5H2,1H3,(H2,16,18,19). The number of halogens is 2. The molecule has 3 rings (SSSR count). The summed E-state index contributed by atoms with van der Waals surface area (Å²) in [5.74, 6) is 1.04. The van der Waals surface area contributed by atoms with E-state index in [2.05, 4.69) is 47.1 Å². The molecule has 0 saturated carbocycles. The van der Waals surface area contributed by atoms with Crippen LogP contribution < -0.4 is 15.8 Å². The van der Waals surface area contributed by atoms with E-state index in [1.54, 1.807) is 7.11 Å². The Morgan fingerprint density at radius 1 is 1.20 bits per heavy atom. The van der Waals surface area contributed by atoms with Crippen molar-refractivity contribution in [1.29, 1.82) is 0 Å². The minimum Gasteiger partial charge on any atom is -0.496 e. The monoisotopic (exact) mass is 398 g/mol. The lowest BCUT2D eigenvalue weighted by atomic mass is 10.1. The van der Waals surface area contributed by atoms with Crippen molar-refractivity contribution in [2.45, 2.75) is 13.1 Å². The normalized spacial score (nSPS) is 13.3. The second kappa shape index (κ2) is 5.31. The van der Waals surface area contributed by atoms with E-state index in [1.165, 1.54) is 0 Å². The van der Waals surface area contributed by atoms with Gasteiger partial charge in [0.05, 0.1) is 23.0 Å². The van der Waals surface area contributed by atoms with Crippen molar-refractivity contribution in [2.75, 3.05) is 12.8 Å². The number of fused-ring (bicyclic) bond motifs is 1. The molecule has 5 nitrogen and oxygen atoms in total. The number of rotatable bonds is 2. The minimum absolute atomic E-state index is 0.288. The maximum atomic E-state index is 5.81. The van der Waals surface area contributed by atoms with Gasteiger partial charge in [0.1, 0.15) is 5.75 Å². The molecular weight excluding hydrogens is 388 g/mol. The fourth-order valence-electron chi connectivity index (χ4n) is 2.28. The topological polar surface area (TPSA) is 73.1 Å². The molecule has 0 unspecified atom stereocenters. The van der Waals surface area contributed by atoms with E-state index in [0.717, 1.165) is 50.3 Å². The number of ether oxygens (including phenoxy) is 1. The fourth-order valence-corrected chi connectivity index (χ4v) is 3.62. The van der Waals surface area contributed by atoms with Gasteiger partial charge in [-0.05, 0) is 28.1 Å². The Bertz CT molecular complexity index is 691. The average molecular weight is 400 g/mol. The van der Waals surface area contributed by atoms with Crippen LogP contribution in [0.1, 0.15) is 11.3 Å². The van der Waals surface area contributed by atoms with Crippen LogP contribution >= 0.6 is 31.9 Å². The summed E-state index contributed by atoms with van der Waals surface area (Å²) in [6, 6.07) is 3.88. The zero-order valence-electron chi connectivity index (χ0n) is 10.7. The molecule has 104 valence electrons. The number of nitrogens with zero attached hydrogens (tertiary/aromatic N) is 2. The predicted molar refractivity (Wildman–Crippen MR) is 84.4 cm³/mol. The number of methoxy groups -OCH3 is 1. The molecule has 1 aliphatic rings. The van der Waals surface area contributed by atoms with Gasteiger partial charge in [-0.1, -0.05) is 15.9 Å². The average Bonchev–Trinajstić information content (AvgIpc) is 2.86. The van der Waals surface area contributed by atoms with Crippen LogP contribution in [0.15, 0.2) is 21.1 Å². The number of hydrogen-bond donors (Lipinski definition) is 2. The Morgan fingerprint density at radius 2 is 2.00 bits per heavy atom. The van der Waals surface area contributed by atoms with E-state index in [1.807, 2.05) is 12.1 Å². The molecule has 0 atom stereocenters. The van der Waals surface area contributed by atoms with Crippen LogP contribution in [-0.4, -0.2) is 17.1 Å². The fraction of sp³-hybridized carbons (Fsp3) is 0.231. The first-order chi connectivity index (χ1) is 9.60. The molecular formula is C13H12Br2N4O. The van der Waals surface area contributed by atoms with Crippen molar-refractivity contribution in [3.8, 4) is 17.0 Å². The molecule has 7 heteroatoms. The number of nitrogen functional groups attached to an aromatic ring is 1. The molecule has 3 N–H and O–H groups in total. The van der Waals surface area contributed by atoms with E-state index in [0.29, 0.717) is 0 Å². The summed E-state index contributed by atoms with van der Waals surface area (Å²) in [6.45, 7) is 1.47. The van der Waals surface area contributed by atoms with Crippen molar-refractivity contribution >= 4 is 37.8 Å². The van der Waals surface area contributed by atoms with Gasteiger partial charge in [0.15, 0.2) is 0 Å². The Morgan fingerprint density at radius 3 is 2.75 bits per heavy atom. The zero-order chi connectivity index (χ0) is 14.3. The highest BCUT2D eigenvalue weighted by atomic mass is 79.9. The number of aromatic nitrogens is 2. The number of nitrogens with one attached hydrogen (secondary N) is 1. The first kappa shape index (κ1) is 13.8. The third-order valence-corrected chi connectivity index (χ3v) is 4.48. The lowest BCUT2D eigenvalue weighted by Crippen LogP contribution is -2.03. The molecule has 0 radical (unpaired) electrons. The van der Waals surface area contributed by atoms with Crippen LogP contribution in [0.4, 0.5) is 5.95 Å². The van der Waals surface area contributed by atoms with Crippen molar-refractivity contribution < 1.29 is 4.74 Å². The van der Waals surface area contributed by atoms with Crippen LogP contribution in [-0.2, 0) is 13.1 Å². The van der Waals surface area contributed by atoms with Crippen molar-refractivity contribution in [1.82, 2.24) is 15.3 Å². The van der Waals surface area contributed by atoms with Gasteiger partial charge in [-0.2, -0.15) is 0 Å². The number of benzene rings is 1. The van der Waals surface area contributed by atoms with Crippen molar-refractivity contribution in [3.63, 3.8) is 0 Å². The predicted octanol–water partition coefficient (Wildman–Crippen LogP) is 2.86. The molecule has 2 heterocycles. The Balaban J connectivity index is 2.24. The van der Waals surface area contributed by atoms with Gasteiger partial charge in [-0.25, -0.2) is 9.97 Å². The molecule has 1 aromatic carbocycles. The Hall–Kier alpha value is -1.18. The summed E-state index contributed by atoms with van der Waals surface area (Å²) in [6.07, 6.45) is 0.